The summed E-state index contributed by atoms with van der Waals surface area (Å²) in [5.74, 6) is 1.27. The molecule has 190 valence electrons. The Hall–Kier alpha value is -2.47. The molecule has 10 heteroatoms. The second kappa shape index (κ2) is 11.7. The highest BCUT2D eigenvalue weighted by molar-refractivity contribution is 14.1. The van der Waals surface area contributed by atoms with Crippen molar-refractivity contribution >= 4 is 61.6 Å². The molecule has 1 aromatic heterocycles. The van der Waals surface area contributed by atoms with E-state index in [4.69, 9.17) is 19.2 Å². The molecule has 0 unspecified atom stereocenters. The molecule has 3 aromatic rings. The largest absolute Gasteiger partial charge is 0.493 e. The lowest BCUT2D eigenvalue weighted by molar-refractivity contribution is -0.147. The van der Waals surface area contributed by atoms with E-state index >= 15 is 0 Å². The van der Waals surface area contributed by atoms with E-state index in [9.17, 15) is 9.59 Å². The third-order valence-electron chi connectivity index (χ3n) is 6.21. The number of benzene rings is 2. The van der Waals surface area contributed by atoms with Gasteiger partial charge in [0.2, 0.25) is 0 Å². The van der Waals surface area contributed by atoms with Crippen LogP contribution in [0.3, 0.4) is 0 Å². The zero-order valence-electron chi connectivity index (χ0n) is 20.3. The fourth-order valence-electron chi connectivity index (χ4n) is 4.35. The van der Waals surface area contributed by atoms with Gasteiger partial charge in [0, 0.05) is 10.4 Å². The Morgan fingerprint density at radius 1 is 1.22 bits per heavy atom. The number of aromatic nitrogens is 2. The summed E-state index contributed by atoms with van der Waals surface area (Å²) in [6, 6.07) is 9.14. The van der Waals surface area contributed by atoms with E-state index in [2.05, 4.69) is 43.6 Å². The summed E-state index contributed by atoms with van der Waals surface area (Å²) in [4.78, 5) is 30.2. The molecule has 0 saturated heterocycles. The van der Waals surface area contributed by atoms with E-state index in [1.807, 2.05) is 18.2 Å². The Morgan fingerprint density at radius 3 is 2.67 bits per heavy atom. The summed E-state index contributed by atoms with van der Waals surface area (Å²) in [5, 5.41) is 5.12. The molecule has 0 N–H and O–H groups in total. The Labute approximate surface area is 231 Å². The first-order valence-corrected chi connectivity index (χ1v) is 13.6. The molecule has 2 aromatic carbocycles. The summed E-state index contributed by atoms with van der Waals surface area (Å²) in [7, 11) is 2.84. The number of rotatable bonds is 7. The molecule has 1 heterocycles. The normalized spacial score (nSPS) is 15.2. The molecular weight excluding hydrogens is 641 g/mol. The minimum atomic E-state index is -0.795. The van der Waals surface area contributed by atoms with Gasteiger partial charge >= 0.3 is 5.97 Å². The zero-order valence-corrected chi connectivity index (χ0v) is 24.0. The maximum Gasteiger partial charge on any atom is 0.346 e. The number of hydrogen-bond donors (Lipinski definition) is 0. The van der Waals surface area contributed by atoms with Crippen LogP contribution in [0.25, 0.3) is 10.9 Å². The number of fused-ring (bicyclic) bond motifs is 1. The first kappa shape index (κ1) is 26.6. The molecule has 0 amide bonds. The summed E-state index contributed by atoms with van der Waals surface area (Å²) in [6.45, 7) is 1.61. The predicted octanol–water partition coefficient (Wildman–Crippen LogP) is 5.64. The Morgan fingerprint density at radius 2 is 1.97 bits per heavy atom. The van der Waals surface area contributed by atoms with Gasteiger partial charge in [-0.3, -0.25) is 4.79 Å². The van der Waals surface area contributed by atoms with Gasteiger partial charge in [0.1, 0.15) is 5.82 Å². The number of ether oxygens (including phenoxy) is 3. The van der Waals surface area contributed by atoms with Crippen molar-refractivity contribution in [3.63, 3.8) is 0 Å². The average Bonchev–Trinajstić information content (AvgIpc) is 2.89. The van der Waals surface area contributed by atoms with Crippen LogP contribution in [0.15, 0.2) is 44.7 Å². The minimum absolute atomic E-state index is 0.182. The molecular formula is C26H27BrIN3O5. The predicted molar refractivity (Wildman–Crippen MR) is 150 cm³/mol. The van der Waals surface area contributed by atoms with Gasteiger partial charge in [-0.1, -0.05) is 35.2 Å². The lowest BCUT2D eigenvalue weighted by atomic mass is 9.88. The van der Waals surface area contributed by atoms with Crippen LogP contribution in [0.2, 0.25) is 0 Å². The molecule has 1 aliphatic carbocycles. The van der Waals surface area contributed by atoms with E-state index in [0.717, 1.165) is 33.7 Å². The molecule has 1 saturated carbocycles. The maximum atomic E-state index is 13.5. The number of hydrogen-bond acceptors (Lipinski definition) is 7. The van der Waals surface area contributed by atoms with E-state index in [0.29, 0.717) is 33.8 Å². The quantitative estimate of drug-likeness (QED) is 0.184. The highest BCUT2D eigenvalue weighted by Crippen LogP contribution is 2.35. The van der Waals surface area contributed by atoms with Gasteiger partial charge in [0.05, 0.1) is 34.9 Å². The van der Waals surface area contributed by atoms with Gasteiger partial charge in [-0.05, 0) is 78.3 Å². The SMILES string of the molecule is COC(=O)[C@@H](C)Oc1c(I)cc(C=Nn2c(C3CCCCC3)nc3ccc(Br)cc3c2=O)cc1OC. The first-order valence-electron chi connectivity index (χ1n) is 11.7. The lowest BCUT2D eigenvalue weighted by Gasteiger charge is -2.22. The molecule has 4 rings (SSSR count). The third kappa shape index (κ3) is 5.74. The lowest BCUT2D eigenvalue weighted by Crippen LogP contribution is -2.25. The molecule has 0 aliphatic heterocycles. The molecule has 36 heavy (non-hydrogen) atoms. The Kier molecular flexibility index (Phi) is 8.66. The van der Waals surface area contributed by atoms with E-state index < -0.39 is 12.1 Å². The average molecular weight is 668 g/mol. The topological polar surface area (TPSA) is 92.0 Å². The molecule has 0 bridgehead atoms. The number of nitrogens with zero attached hydrogens (tertiary/aromatic N) is 3. The summed E-state index contributed by atoms with van der Waals surface area (Å²) >= 11 is 5.57. The van der Waals surface area contributed by atoms with Crippen LogP contribution in [0.5, 0.6) is 11.5 Å². The van der Waals surface area contributed by atoms with Gasteiger partial charge in [-0.15, -0.1) is 0 Å². The fraction of sp³-hybridized carbons (Fsp3) is 0.385. The van der Waals surface area contributed by atoms with Gasteiger partial charge in [-0.2, -0.15) is 9.78 Å². The minimum Gasteiger partial charge on any atom is -0.493 e. The van der Waals surface area contributed by atoms with Crippen LogP contribution in [0.1, 0.15) is 56.3 Å². The van der Waals surface area contributed by atoms with Crippen molar-refractivity contribution in [2.45, 2.75) is 51.0 Å². The van der Waals surface area contributed by atoms with Crippen molar-refractivity contribution < 1.29 is 19.0 Å². The van der Waals surface area contributed by atoms with Crippen molar-refractivity contribution in [3.8, 4) is 11.5 Å². The Bertz CT molecular complexity index is 1370. The van der Waals surface area contributed by atoms with Crippen molar-refractivity contribution in [3.05, 3.63) is 60.1 Å². The molecule has 8 nitrogen and oxygen atoms in total. The summed E-state index contributed by atoms with van der Waals surface area (Å²) in [5.41, 5.74) is 1.18. The second-order valence-corrected chi connectivity index (χ2v) is 10.7. The Balaban J connectivity index is 1.76. The van der Waals surface area contributed by atoms with Crippen LogP contribution in [0, 0.1) is 3.57 Å². The van der Waals surface area contributed by atoms with E-state index in [1.54, 1.807) is 25.3 Å². The maximum absolute atomic E-state index is 13.5. The van der Waals surface area contributed by atoms with Gasteiger partial charge < -0.3 is 14.2 Å². The van der Waals surface area contributed by atoms with Gasteiger partial charge in [-0.25, -0.2) is 9.78 Å². The number of methoxy groups -OCH3 is 2. The highest BCUT2D eigenvalue weighted by Gasteiger charge is 2.23. The van der Waals surface area contributed by atoms with Crippen LogP contribution in [-0.2, 0) is 9.53 Å². The van der Waals surface area contributed by atoms with Crippen molar-refractivity contribution in [1.82, 2.24) is 9.66 Å². The molecule has 1 atom stereocenters. The second-order valence-electron chi connectivity index (χ2n) is 8.65. The molecule has 0 radical (unpaired) electrons. The van der Waals surface area contributed by atoms with Crippen LogP contribution >= 0.6 is 38.5 Å². The number of carbonyl (C=O) groups excluding carboxylic acids is 1. The van der Waals surface area contributed by atoms with Gasteiger partial charge in [0.15, 0.2) is 17.6 Å². The number of halogens is 2. The monoisotopic (exact) mass is 667 g/mol. The van der Waals surface area contributed by atoms with Crippen molar-refractivity contribution in [1.29, 1.82) is 0 Å². The molecule has 1 fully saturated rings. The molecule has 1 aliphatic rings. The number of esters is 1. The van der Waals surface area contributed by atoms with Crippen LogP contribution in [-0.4, -0.2) is 42.2 Å². The third-order valence-corrected chi connectivity index (χ3v) is 7.50. The standard InChI is InChI=1S/C26H27BrIN3O5/c1-15(26(33)35-3)36-23-20(28)11-16(12-22(23)34-2)14-29-31-24(17-7-5-4-6-8-17)30-21-10-9-18(27)13-19(21)25(31)32/h9-15,17H,4-8H2,1-3H3/t15-/m1/s1. The van der Waals surface area contributed by atoms with E-state index in [1.165, 1.54) is 25.3 Å². The van der Waals surface area contributed by atoms with E-state index in [-0.39, 0.29) is 11.5 Å². The zero-order chi connectivity index (χ0) is 25.8. The van der Waals surface area contributed by atoms with Crippen LogP contribution < -0.4 is 15.0 Å². The summed E-state index contributed by atoms with van der Waals surface area (Å²) in [6.07, 6.45) is 6.23. The van der Waals surface area contributed by atoms with Crippen molar-refractivity contribution in [2.24, 2.45) is 5.10 Å². The van der Waals surface area contributed by atoms with Crippen LogP contribution in [0.4, 0.5) is 0 Å². The van der Waals surface area contributed by atoms with Crippen molar-refractivity contribution in [2.75, 3.05) is 14.2 Å². The molecule has 0 spiro atoms. The highest BCUT2D eigenvalue weighted by atomic mass is 127. The first-order chi connectivity index (χ1) is 17.3. The van der Waals surface area contributed by atoms with Gasteiger partial charge in [0.25, 0.3) is 5.56 Å². The fourth-order valence-corrected chi connectivity index (χ4v) is 5.46. The smallest absolute Gasteiger partial charge is 0.346 e. The summed E-state index contributed by atoms with van der Waals surface area (Å²) < 4.78 is 19.0. The number of carbonyl (C=O) groups is 1.